The molecule has 1 aliphatic rings. The van der Waals surface area contributed by atoms with E-state index in [1.165, 1.54) is 0 Å². The number of ketones is 1. The number of aliphatic carboxylic acids is 1. The third-order valence-corrected chi connectivity index (χ3v) is 4.99. The van der Waals surface area contributed by atoms with Crippen LogP contribution >= 0.6 is 0 Å². The highest BCUT2D eigenvalue weighted by atomic mass is 16.4. The molecule has 0 amide bonds. The molecular weight excluding hydrogens is 300 g/mol. The van der Waals surface area contributed by atoms with Gasteiger partial charge >= 0.3 is 5.97 Å². The summed E-state index contributed by atoms with van der Waals surface area (Å²) in [7, 11) is 0. The number of carboxylic acids is 1. The van der Waals surface area contributed by atoms with E-state index in [2.05, 4.69) is 0 Å². The summed E-state index contributed by atoms with van der Waals surface area (Å²) in [6, 6.07) is 15.9. The molecule has 3 nitrogen and oxygen atoms in total. The minimum Gasteiger partial charge on any atom is -0.481 e. The fourth-order valence-electron chi connectivity index (χ4n) is 3.44. The molecule has 2 atom stereocenters. The Morgan fingerprint density at radius 2 is 1.96 bits per heavy atom. The summed E-state index contributed by atoms with van der Waals surface area (Å²) < 4.78 is 0. The first-order chi connectivity index (χ1) is 11.6. The van der Waals surface area contributed by atoms with Crippen LogP contribution in [-0.2, 0) is 16.0 Å². The molecule has 0 heterocycles. The lowest BCUT2D eigenvalue weighted by Gasteiger charge is -2.16. The van der Waals surface area contributed by atoms with Gasteiger partial charge in [0.1, 0.15) is 5.78 Å². The van der Waals surface area contributed by atoms with Gasteiger partial charge in [0.2, 0.25) is 0 Å². The highest BCUT2D eigenvalue weighted by Crippen LogP contribution is 2.32. The summed E-state index contributed by atoms with van der Waals surface area (Å²) in [4.78, 5) is 23.3. The van der Waals surface area contributed by atoms with Crippen LogP contribution in [-0.4, -0.2) is 16.9 Å². The van der Waals surface area contributed by atoms with Crippen molar-refractivity contribution in [1.29, 1.82) is 0 Å². The monoisotopic (exact) mass is 322 g/mol. The van der Waals surface area contributed by atoms with Crippen molar-refractivity contribution in [2.24, 2.45) is 5.92 Å². The van der Waals surface area contributed by atoms with Crippen molar-refractivity contribution in [2.75, 3.05) is 0 Å². The Labute approximate surface area is 142 Å². The Kier molecular flexibility index (Phi) is 4.79. The van der Waals surface area contributed by atoms with Gasteiger partial charge in [-0.3, -0.25) is 9.59 Å². The zero-order valence-corrected chi connectivity index (χ0v) is 13.9. The predicted octanol–water partition coefficient (Wildman–Crippen LogP) is 4.45. The maximum atomic E-state index is 12.0. The van der Waals surface area contributed by atoms with Gasteiger partial charge < -0.3 is 5.11 Å². The van der Waals surface area contributed by atoms with E-state index in [1.54, 1.807) is 6.92 Å². The zero-order chi connectivity index (χ0) is 17.1. The average Bonchev–Trinajstić information content (AvgIpc) is 3.00. The van der Waals surface area contributed by atoms with Gasteiger partial charge in [-0.1, -0.05) is 48.5 Å². The number of rotatable bonds is 5. The molecule has 0 bridgehead atoms. The molecule has 24 heavy (non-hydrogen) atoms. The van der Waals surface area contributed by atoms with Crippen molar-refractivity contribution < 1.29 is 14.7 Å². The Morgan fingerprint density at radius 3 is 2.58 bits per heavy atom. The SMILES string of the molecule is CC(C(=O)O)c1ccc(CC2CCCC2=O)c(-c2ccccc2)c1. The second-order valence-electron chi connectivity index (χ2n) is 6.60. The molecule has 0 aromatic heterocycles. The molecule has 3 heteroatoms. The van der Waals surface area contributed by atoms with Gasteiger partial charge in [0, 0.05) is 12.3 Å². The third kappa shape index (κ3) is 3.40. The Bertz CT molecular complexity index is 749. The number of carboxylic acid groups (broad SMARTS) is 1. The maximum absolute atomic E-state index is 12.0. The van der Waals surface area contributed by atoms with Crippen LogP contribution in [0, 0.1) is 5.92 Å². The van der Waals surface area contributed by atoms with Crippen molar-refractivity contribution in [1.82, 2.24) is 0 Å². The predicted molar refractivity (Wildman–Crippen MR) is 94.0 cm³/mol. The van der Waals surface area contributed by atoms with Crippen LogP contribution in [0.2, 0.25) is 0 Å². The molecular formula is C21H22O3. The molecule has 2 aromatic carbocycles. The third-order valence-electron chi connectivity index (χ3n) is 4.99. The first kappa shape index (κ1) is 16.4. The van der Waals surface area contributed by atoms with Gasteiger partial charge in [0.25, 0.3) is 0 Å². The molecule has 0 spiro atoms. The van der Waals surface area contributed by atoms with Gasteiger partial charge in [0.15, 0.2) is 0 Å². The van der Waals surface area contributed by atoms with Crippen LogP contribution in [0.3, 0.4) is 0 Å². The van der Waals surface area contributed by atoms with Gasteiger partial charge in [-0.2, -0.15) is 0 Å². The number of hydrogen-bond donors (Lipinski definition) is 1. The number of carbonyl (C=O) groups is 2. The minimum atomic E-state index is -0.826. The number of benzene rings is 2. The van der Waals surface area contributed by atoms with E-state index < -0.39 is 11.9 Å². The highest BCUT2D eigenvalue weighted by Gasteiger charge is 2.26. The van der Waals surface area contributed by atoms with E-state index in [-0.39, 0.29) is 5.92 Å². The lowest BCUT2D eigenvalue weighted by molar-refractivity contribution is -0.138. The first-order valence-electron chi connectivity index (χ1n) is 8.50. The van der Waals surface area contributed by atoms with Crippen LogP contribution in [0.4, 0.5) is 0 Å². The summed E-state index contributed by atoms with van der Waals surface area (Å²) in [5.74, 6) is -0.908. The van der Waals surface area contributed by atoms with Gasteiger partial charge in [-0.05, 0) is 48.4 Å². The Morgan fingerprint density at radius 1 is 1.21 bits per heavy atom. The van der Waals surface area contributed by atoms with Gasteiger partial charge in [0.05, 0.1) is 5.92 Å². The first-order valence-corrected chi connectivity index (χ1v) is 8.50. The second-order valence-corrected chi connectivity index (χ2v) is 6.60. The van der Waals surface area contributed by atoms with E-state index >= 15 is 0 Å². The quantitative estimate of drug-likeness (QED) is 0.884. The molecule has 3 rings (SSSR count). The summed E-state index contributed by atoms with van der Waals surface area (Å²) in [5.41, 5.74) is 4.03. The smallest absolute Gasteiger partial charge is 0.310 e. The summed E-state index contributed by atoms with van der Waals surface area (Å²) in [5, 5.41) is 9.29. The largest absolute Gasteiger partial charge is 0.481 e. The molecule has 2 aromatic rings. The van der Waals surface area contributed by atoms with Gasteiger partial charge in [-0.15, -0.1) is 0 Å². The standard InChI is InChI=1S/C21H22O3/c1-14(21(23)24)16-10-11-17(12-18-8-5-9-20(18)22)19(13-16)15-6-3-2-4-7-15/h2-4,6-7,10-11,13-14,18H,5,8-9,12H2,1H3,(H,23,24). The molecule has 0 aliphatic heterocycles. The van der Waals surface area contributed by atoms with E-state index in [1.807, 2.05) is 48.5 Å². The molecule has 1 N–H and O–H groups in total. The van der Waals surface area contributed by atoms with E-state index in [0.717, 1.165) is 41.5 Å². The molecule has 2 unspecified atom stereocenters. The number of Topliss-reactive ketones (excluding diaryl/α,β-unsaturated/α-hetero) is 1. The van der Waals surface area contributed by atoms with Crippen LogP contribution < -0.4 is 0 Å². The zero-order valence-electron chi connectivity index (χ0n) is 13.9. The molecule has 0 radical (unpaired) electrons. The average molecular weight is 322 g/mol. The minimum absolute atomic E-state index is 0.107. The van der Waals surface area contributed by atoms with Crippen molar-refractivity contribution in [3.8, 4) is 11.1 Å². The van der Waals surface area contributed by atoms with Crippen LogP contribution in [0.5, 0.6) is 0 Å². The lowest BCUT2D eigenvalue weighted by atomic mass is 9.88. The van der Waals surface area contributed by atoms with E-state index in [4.69, 9.17) is 0 Å². The fourth-order valence-corrected chi connectivity index (χ4v) is 3.44. The lowest BCUT2D eigenvalue weighted by Crippen LogP contribution is -2.11. The highest BCUT2D eigenvalue weighted by molar-refractivity contribution is 5.84. The summed E-state index contributed by atoms with van der Waals surface area (Å²) in [6.45, 7) is 1.70. The summed E-state index contributed by atoms with van der Waals surface area (Å²) in [6.07, 6.45) is 3.38. The molecule has 0 saturated heterocycles. The fraction of sp³-hybridized carbons (Fsp3) is 0.333. The van der Waals surface area contributed by atoms with Crippen molar-refractivity contribution in [3.05, 3.63) is 59.7 Å². The van der Waals surface area contributed by atoms with Crippen molar-refractivity contribution in [3.63, 3.8) is 0 Å². The van der Waals surface area contributed by atoms with Crippen molar-refractivity contribution in [2.45, 2.75) is 38.5 Å². The number of hydrogen-bond acceptors (Lipinski definition) is 2. The number of carbonyl (C=O) groups excluding carboxylic acids is 1. The van der Waals surface area contributed by atoms with Gasteiger partial charge in [-0.25, -0.2) is 0 Å². The normalized spacial score (nSPS) is 18.5. The van der Waals surface area contributed by atoms with E-state index in [0.29, 0.717) is 12.2 Å². The van der Waals surface area contributed by atoms with Crippen molar-refractivity contribution >= 4 is 11.8 Å². The van der Waals surface area contributed by atoms with Crippen LogP contribution in [0.15, 0.2) is 48.5 Å². The molecule has 1 saturated carbocycles. The second kappa shape index (κ2) is 7.00. The topological polar surface area (TPSA) is 54.4 Å². The Hall–Kier alpha value is -2.42. The maximum Gasteiger partial charge on any atom is 0.310 e. The van der Waals surface area contributed by atoms with E-state index in [9.17, 15) is 14.7 Å². The van der Waals surface area contributed by atoms with Crippen LogP contribution in [0.25, 0.3) is 11.1 Å². The Balaban J connectivity index is 2.01. The van der Waals surface area contributed by atoms with Crippen LogP contribution in [0.1, 0.15) is 43.2 Å². The molecule has 1 aliphatic carbocycles. The summed E-state index contributed by atoms with van der Waals surface area (Å²) >= 11 is 0. The molecule has 1 fully saturated rings. The molecule has 124 valence electrons.